The number of pyridine rings is 1. The molecule has 0 fully saturated rings. The number of unbranched alkanes of at least 4 members (excludes halogenated alkanes) is 1. The van der Waals surface area contributed by atoms with Crippen LogP contribution in [0.1, 0.15) is 35.2 Å². The highest BCUT2D eigenvalue weighted by atomic mass is 15.2. The van der Waals surface area contributed by atoms with Gasteiger partial charge in [-0.25, -0.2) is 0 Å². The van der Waals surface area contributed by atoms with Crippen molar-refractivity contribution in [1.82, 2.24) is 15.2 Å². The van der Waals surface area contributed by atoms with E-state index < -0.39 is 0 Å². The van der Waals surface area contributed by atoms with E-state index in [-0.39, 0.29) is 0 Å². The average molecular weight is 338 g/mol. The summed E-state index contributed by atoms with van der Waals surface area (Å²) in [5.74, 6) is 0. The average Bonchev–Trinajstić information content (AvgIpc) is 2.63. The van der Waals surface area contributed by atoms with Gasteiger partial charge < -0.3 is 11.1 Å². The van der Waals surface area contributed by atoms with E-state index in [0.29, 0.717) is 6.04 Å². The summed E-state index contributed by atoms with van der Waals surface area (Å²) in [6.07, 6.45) is 5.23. The summed E-state index contributed by atoms with van der Waals surface area (Å²) in [6, 6.07) is 13.4. The Bertz CT molecular complexity index is 670. The zero-order valence-electron chi connectivity index (χ0n) is 15.2. The maximum atomic E-state index is 5.69. The third-order valence-electron chi connectivity index (χ3n) is 5.06. The van der Waals surface area contributed by atoms with E-state index >= 15 is 0 Å². The highest BCUT2D eigenvalue weighted by Gasteiger charge is 2.20. The van der Waals surface area contributed by atoms with Crippen molar-refractivity contribution in [2.75, 3.05) is 19.6 Å². The summed E-state index contributed by atoms with van der Waals surface area (Å²) in [4.78, 5) is 7.13. The minimum absolute atomic E-state index is 0.497. The molecule has 0 aliphatic carbocycles. The number of rotatable bonds is 8. The van der Waals surface area contributed by atoms with Crippen LogP contribution in [0.3, 0.4) is 0 Å². The molecule has 0 bridgehead atoms. The van der Waals surface area contributed by atoms with E-state index in [1.165, 1.54) is 22.4 Å². The molecule has 1 aromatic carbocycles. The van der Waals surface area contributed by atoms with Gasteiger partial charge in [-0.15, -0.1) is 0 Å². The Morgan fingerprint density at radius 3 is 2.80 bits per heavy atom. The SMILES string of the molecule is Cc1cccnc1CN(CCCCN)CC1Cc2ccccc2CN1. The molecule has 1 aliphatic heterocycles. The Morgan fingerprint density at radius 1 is 1.16 bits per heavy atom. The van der Waals surface area contributed by atoms with Crippen molar-refractivity contribution in [3.63, 3.8) is 0 Å². The molecule has 0 radical (unpaired) electrons. The highest BCUT2D eigenvalue weighted by Crippen LogP contribution is 2.18. The van der Waals surface area contributed by atoms with Crippen LogP contribution >= 0.6 is 0 Å². The normalized spacial score (nSPS) is 16.8. The number of hydrogen-bond donors (Lipinski definition) is 2. The van der Waals surface area contributed by atoms with Crippen LogP contribution in [-0.4, -0.2) is 35.6 Å². The van der Waals surface area contributed by atoms with E-state index in [9.17, 15) is 0 Å². The summed E-state index contributed by atoms with van der Waals surface area (Å²) in [7, 11) is 0. The van der Waals surface area contributed by atoms with Crippen LogP contribution < -0.4 is 11.1 Å². The predicted molar refractivity (Wildman–Crippen MR) is 103 cm³/mol. The molecule has 3 rings (SSSR count). The second-order valence-corrected chi connectivity index (χ2v) is 7.05. The van der Waals surface area contributed by atoms with E-state index in [4.69, 9.17) is 5.73 Å². The maximum absolute atomic E-state index is 5.69. The molecule has 3 N–H and O–H groups in total. The van der Waals surface area contributed by atoms with Gasteiger partial charge >= 0.3 is 0 Å². The standard InChI is InChI=1S/C21H30N4/c1-17-7-6-11-23-21(17)16-25(12-5-4-10-22)15-20-13-18-8-2-3-9-19(18)14-24-20/h2-3,6-9,11,20,24H,4-5,10,12-16,22H2,1H3. The lowest BCUT2D eigenvalue weighted by atomic mass is 9.95. The van der Waals surface area contributed by atoms with Crippen LogP contribution in [0.2, 0.25) is 0 Å². The monoisotopic (exact) mass is 338 g/mol. The maximum Gasteiger partial charge on any atom is 0.0573 e. The molecule has 0 amide bonds. The van der Waals surface area contributed by atoms with Gasteiger partial charge in [0, 0.05) is 31.9 Å². The molecule has 0 saturated carbocycles. The largest absolute Gasteiger partial charge is 0.330 e. The molecule has 1 aliphatic rings. The van der Waals surface area contributed by atoms with Gasteiger partial charge in [0.25, 0.3) is 0 Å². The number of nitrogens with two attached hydrogens (primary N) is 1. The molecule has 2 heterocycles. The van der Waals surface area contributed by atoms with Gasteiger partial charge in [-0.3, -0.25) is 9.88 Å². The van der Waals surface area contributed by atoms with Crippen molar-refractivity contribution in [3.8, 4) is 0 Å². The fraction of sp³-hybridized carbons (Fsp3) is 0.476. The van der Waals surface area contributed by atoms with Gasteiger partial charge in [-0.2, -0.15) is 0 Å². The van der Waals surface area contributed by atoms with Crippen molar-refractivity contribution >= 4 is 0 Å². The Labute approximate surface area is 151 Å². The van der Waals surface area contributed by atoms with Gasteiger partial charge in [0.05, 0.1) is 5.69 Å². The van der Waals surface area contributed by atoms with Crippen molar-refractivity contribution < 1.29 is 0 Å². The minimum atomic E-state index is 0.497. The first-order valence-corrected chi connectivity index (χ1v) is 9.39. The molecule has 2 aromatic rings. The Morgan fingerprint density at radius 2 is 2.00 bits per heavy atom. The first-order valence-electron chi connectivity index (χ1n) is 9.39. The lowest BCUT2D eigenvalue weighted by molar-refractivity contribution is 0.222. The second-order valence-electron chi connectivity index (χ2n) is 7.05. The number of aromatic nitrogens is 1. The molecule has 1 aromatic heterocycles. The highest BCUT2D eigenvalue weighted by molar-refractivity contribution is 5.30. The summed E-state index contributed by atoms with van der Waals surface area (Å²) < 4.78 is 0. The molecule has 25 heavy (non-hydrogen) atoms. The molecule has 4 heteroatoms. The van der Waals surface area contributed by atoms with Crippen molar-refractivity contribution in [1.29, 1.82) is 0 Å². The predicted octanol–water partition coefficient (Wildman–Crippen LogP) is 2.65. The van der Waals surface area contributed by atoms with Crippen LogP contribution in [-0.2, 0) is 19.5 Å². The molecule has 1 atom stereocenters. The van der Waals surface area contributed by atoms with Gasteiger partial charge in [0.15, 0.2) is 0 Å². The van der Waals surface area contributed by atoms with E-state index in [1.807, 2.05) is 12.3 Å². The third-order valence-corrected chi connectivity index (χ3v) is 5.06. The first kappa shape index (κ1) is 18.1. The smallest absolute Gasteiger partial charge is 0.0573 e. The number of aryl methyl sites for hydroxylation is 1. The zero-order chi connectivity index (χ0) is 17.5. The fourth-order valence-electron chi connectivity index (χ4n) is 3.57. The molecule has 4 nitrogen and oxygen atoms in total. The summed E-state index contributed by atoms with van der Waals surface area (Å²) in [6.45, 7) is 6.93. The van der Waals surface area contributed by atoms with Gasteiger partial charge in [0.1, 0.15) is 0 Å². The second kappa shape index (κ2) is 9.09. The number of fused-ring (bicyclic) bond motifs is 1. The number of nitrogens with one attached hydrogen (secondary N) is 1. The topological polar surface area (TPSA) is 54.2 Å². The van der Waals surface area contributed by atoms with E-state index in [2.05, 4.69) is 52.5 Å². The lowest BCUT2D eigenvalue weighted by Gasteiger charge is -2.32. The number of nitrogens with zero attached hydrogens (tertiary/aromatic N) is 2. The minimum Gasteiger partial charge on any atom is -0.330 e. The van der Waals surface area contributed by atoms with Gasteiger partial charge in [-0.1, -0.05) is 30.3 Å². The van der Waals surface area contributed by atoms with Crippen LogP contribution in [0.25, 0.3) is 0 Å². The van der Waals surface area contributed by atoms with Crippen LogP contribution in [0, 0.1) is 6.92 Å². The Balaban J connectivity index is 1.64. The first-order chi connectivity index (χ1) is 12.3. The fourth-order valence-corrected chi connectivity index (χ4v) is 3.57. The van der Waals surface area contributed by atoms with Crippen LogP contribution in [0.5, 0.6) is 0 Å². The molecule has 0 spiro atoms. The zero-order valence-corrected chi connectivity index (χ0v) is 15.2. The molecular formula is C21H30N4. The van der Waals surface area contributed by atoms with Crippen molar-refractivity contribution in [2.24, 2.45) is 5.73 Å². The molecular weight excluding hydrogens is 308 g/mol. The Hall–Kier alpha value is -1.75. The van der Waals surface area contributed by atoms with Crippen molar-refractivity contribution in [3.05, 3.63) is 65.0 Å². The van der Waals surface area contributed by atoms with Crippen molar-refractivity contribution in [2.45, 2.75) is 45.3 Å². The summed E-state index contributed by atoms with van der Waals surface area (Å²) >= 11 is 0. The molecule has 134 valence electrons. The van der Waals surface area contributed by atoms with Gasteiger partial charge in [-0.05, 0) is 62.0 Å². The summed E-state index contributed by atoms with van der Waals surface area (Å²) in [5, 5.41) is 3.71. The molecule has 0 saturated heterocycles. The Kier molecular flexibility index (Phi) is 6.56. The number of benzene rings is 1. The van der Waals surface area contributed by atoms with Crippen LogP contribution in [0.15, 0.2) is 42.6 Å². The van der Waals surface area contributed by atoms with E-state index in [0.717, 1.165) is 52.0 Å². The number of hydrogen-bond acceptors (Lipinski definition) is 4. The van der Waals surface area contributed by atoms with E-state index in [1.54, 1.807) is 0 Å². The quantitative estimate of drug-likeness (QED) is 0.727. The van der Waals surface area contributed by atoms with Gasteiger partial charge in [0.2, 0.25) is 0 Å². The van der Waals surface area contributed by atoms with Crippen LogP contribution in [0.4, 0.5) is 0 Å². The third kappa shape index (κ3) is 5.11. The lowest BCUT2D eigenvalue weighted by Crippen LogP contribution is -2.45. The molecule has 1 unspecified atom stereocenters. The summed E-state index contributed by atoms with van der Waals surface area (Å²) in [5.41, 5.74) is 11.1.